The third kappa shape index (κ3) is 2.82. The Bertz CT molecular complexity index is 358. The van der Waals surface area contributed by atoms with Gasteiger partial charge in [0.2, 0.25) is 0 Å². The first-order valence-corrected chi connectivity index (χ1v) is 4.70. The molecule has 0 aromatic heterocycles. The van der Waals surface area contributed by atoms with Crippen LogP contribution in [0.4, 0.5) is 4.39 Å². The predicted molar refractivity (Wildman–Crippen MR) is 56.7 cm³/mol. The average molecular weight is 215 g/mol. The van der Waals surface area contributed by atoms with Crippen molar-refractivity contribution in [3.8, 4) is 0 Å². The summed E-state index contributed by atoms with van der Waals surface area (Å²) in [5.41, 5.74) is 1.69. The number of rotatable bonds is 2. The fourth-order valence-corrected chi connectivity index (χ4v) is 1.38. The molecule has 0 fully saturated rings. The largest absolute Gasteiger partial charge is 0.389 e. The molecule has 76 valence electrons. The smallest absolute Gasteiger partial charge is 0.141 e. The van der Waals surface area contributed by atoms with Crippen molar-refractivity contribution >= 4 is 17.2 Å². The van der Waals surface area contributed by atoms with Crippen LogP contribution in [0, 0.1) is 5.82 Å². The molecule has 1 nitrogen and oxygen atoms in total. The lowest BCUT2D eigenvalue weighted by atomic mass is 10.1. The zero-order valence-electron chi connectivity index (χ0n) is 8.09. The van der Waals surface area contributed by atoms with Gasteiger partial charge in [0.25, 0.3) is 0 Å². The summed E-state index contributed by atoms with van der Waals surface area (Å²) in [7, 11) is 0. The molecule has 0 aliphatic carbocycles. The Balaban J connectivity index is 3.03. The number of hydrogen-bond acceptors (Lipinski definition) is 1. The van der Waals surface area contributed by atoms with Crippen LogP contribution in [0.2, 0.25) is 5.02 Å². The number of hydrogen-bond donors (Lipinski definition) is 1. The molecule has 1 rings (SSSR count). The van der Waals surface area contributed by atoms with E-state index in [0.717, 1.165) is 11.1 Å². The highest BCUT2D eigenvalue weighted by Crippen LogP contribution is 2.21. The van der Waals surface area contributed by atoms with E-state index in [0.29, 0.717) is 0 Å². The predicted octanol–water partition coefficient (Wildman–Crippen LogP) is 3.26. The summed E-state index contributed by atoms with van der Waals surface area (Å²) in [6, 6.07) is 4.50. The molecular formula is C11H12ClFO. The van der Waals surface area contributed by atoms with E-state index in [1.54, 1.807) is 25.1 Å². The maximum atomic E-state index is 12.8. The van der Waals surface area contributed by atoms with Crippen molar-refractivity contribution in [1.82, 2.24) is 0 Å². The molecule has 1 atom stereocenters. The van der Waals surface area contributed by atoms with E-state index in [4.69, 9.17) is 16.7 Å². The first-order valence-electron chi connectivity index (χ1n) is 4.32. The quantitative estimate of drug-likeness (QED) is 0.801. The number of allylic oxidation sites excluding steroid dienone is 1. The minimum atomic E-state index is -0.515. The Kier molecular flexibility index (Phi) is 3.67. The van der Waals surface area contributed by atoms with Gasteiger partial charge >= 0.3 is 0 Å². The van der Waals surface area contributed by atoms with Crippen LogP contribution in [0.1, 0.15) is 19.4 Å². The highest BCUT2D eigenvalue weighted by Gasteiger charge is 2.02. The Labute approximate surface area is 87.8 Å². The third-order valence-electron chi connectivity index (χ3n) is 1.87. The van der Waals surface area contributed by atoms with E-state index in [9.17, 15) is 4.39 Å². The molecule has 0 heterocycles. The first kappa shape index (κ1) is 11.2. The first-order chi connectivity index (χ1) is 6.50. The van der Waals surface area contributed by atoms with E-state index >= 15 is 0 Å². The fourth-order valence-electron chi connectivity index (χ4n) is 1.20. The lowest BCUT2D eigenvalue weighted by Crippen LogP contribution is -1.94. The summed E-state index contributed by atoms with van der Waals surface area (Å²) in [6.07, 6.45) is 1.17. The Morgan fingerprint density at radius 1 is 1.57 bits per heavy atom. The molecule has 0 amide bonds. The van der Waals surface area contributed by atoms with Gasteiger partial charge in [-0.05, 0) is 37.1 Å². The molecule has 0 aliphatic rings. The van der Waals surface area contributed by atoms with E-state index in [2.05, 4.69) is 0 Å². The van der Waals surface area contributed by atoms with Crippen molar-refractivity contribution in [1.29, 1.82) is 0 Å². The molecule has 3 heteroatoms. The molecule has 1 unspecified atom stereocenters. The van der Waals surface area contributed by atoms with Crippen LogP contribution >= 0.6 is 11.6 Å². The normalized spacial score (nSPS) is 14.2. The van der Waals surface area contributed by atoms with E-state index in [1.165, 1.54) is 6.07 Å². The van der Waals surface area contributed by atoms with Crippen LogP contribution in [0.15, 0.2) is 24.3 Å². The van der Waals surface area contributed by atoms with Gasteiger partial charge in [-0.1, -0.05) is 23.7 Å². The number of aliphatic hydroxyl groups is 1. The van der Waals surface area contributed by atoms with Crippen molar-refractivity contribution in [2.75, 3.05) is 0 Å². The minimum Gasteiger partial charge on any atom is -0.389 e. The summed E-state index contributed by atoms with van der Waals surface area (Å²) in [5.74, 6) is -0.430. The summed E-state index contributed by atoms with van der Waals surface area (Å²) in [6.45, 7) is 3.50. The molecule has 14 heavy (non-hydrogen) atoms. The maximum Gasteiger partial charge on any atom is 0.141 e. The fraction of sp³-hybridized carbons (Fsp3) is 0.273. The van der Waals surface area contributed by atoms with E-state index in [-0.39, 0.29) is 5.02 Å². The van der Waals surface area contributed by atoms with Crippen molar-refractivity contribution in [3.05, 3.63) is 40.7 Å². The zero-order valence-corrected chi connectivity index (χ0v) is 8.85. The van der Waals surface area contributed by atoms with E-state index in [1.807, 2.05) is 6.92 Å². The van der Waals surface area contributed by atoms with Crippen LogP contribution in [-0.4, -0.2) is 11.2 Å². The van der Waals surface area contributed by atoms with Gasteiger partial charge in [0.1, 0.15) is 5.82 Å². The number of aliphatic hydroxyl groups excluding tert-OH is 1. The van der Waals surface area contributed by atoms with Crippen LogP contribution in [0.25, 0.3) is 5.57 Å². The number of halogens is 2. The summed E-state index contributed by atoms with van der Waals surface area (Å²) < 4.78 is 12.8. The summed E-state index contributed by atoms with van der Waals surface area (Å²) in [5, 5.41) is 9.22. The molecule has 0 saturated heterocycles. The van der Waals surface area contributed by atoms with Gasteiger partial charge in [0.05, 0.1) is 11.1 Å². The summed E-state index contributed by atoms with van der Waals surface area (Å²) >= 11 is 5.63. The molecular weight excluding hydrogens is 203 g/mol. The minimum absolute atomic E-state index is 0.0980. The molecule has 0 saturated carbocycles. The van der Waals surface area contributed by atoms with Crippen molar-refractivity contribution in [2.45, 2.75) is 20.0 Å². The van der Waals surface area contributed by atoms with Crippen LogP contribution < -0.4 is 0 Å². The van der Waals surface area contributed by atoms with Gasteiger partial charge in [-0.25, -0.2) is 4.39 Å². The van der Waals surface area contributed by atoms with Crippen molar-refractivity contribution < 1.29 is 9.50 Å². The van der Waals surface area contributed by atoms with Gasteiger partial charge in [-0.2, -0.15) is 0 Å². The molecule has 0 radical (unpaired) electrons. The van der Waals surface area contributed by atoms with Gasteiger partial charge in [-0.15, -0.1) is 0 Å². The molecule has 0 spiro atoms. The topological polar surface area (TPSA) is 20.2 Å². The van der Waals surface area contributed by atoms with Crippen LogP contribution in [0.5, 0.6) is 0 Å². The number of benzene rings is 1. The Morgan fingerprint density at radius 3 is 2.71 bits per heavy atom. The molecule has 1 N–H and O–H groups in total. The zero-order chi connectivity index (χ0) is 10.7. The van der Waals surface area contributed by atoms with Gasteiger partial charge in [-0.3, -0.25) is 0 Å². The second-order valence-corrected chi connectivity index (χ2v) is 3.63. The molecule has 1 aromatic rings. The Hall–Kier alpha value is -0.860. The SMILES string of the molecule is C/C(=C/C(C)O)c1ccc(F)c(Cl)c1. The van der Waals surface area contributed by atoms with Gasteiger partial charge in [0, 0.05) is 0 Å². The lowest BCUT2D eigenvalue weighted by molar-refractivity contribution is 0.244. The van der Waals surface area contributed by atoms with Crippen LogP contribution in [0.3, 0.4) is 0 Å². The van der Waals surface area contributed by atoms with Crippen molar-refractivity contribution in [3.63, 3.8) is 0 Å². The van der Waals surface area contributed by atoms with E-state index < -0.39 is 11.9 Å². The van der Waals surface area contributed by atoms with Crippen LogP contribution in [-0.2, 0) is 0 Å². The second kappa shape index (κ2) is 4.58. The van der Waals surface area contributed by atoms with Gasteiger partial charge < -0.3 is 5.11 Å². The Morgan fingerprint density at radius 2 is 2.21 bits per heavy atom. The highest BCUT2D eigenvalue weighted by atomic mass is 35.5. The second-order valence-electron chi connectivity index (χ2n) is 3.22. The summed E-state index contributed by atoms with van der Waals surface area (Å²) in [4.78, 5) is 0. The third-order valence-corrected chi connectivity index (χ3v) is 2.16. The lowest BCUT2D eigenvalue weighted by Gasteiger charge is -2.04. The molecule has 0 bridgehead atoms. The van der Waals surface area contributed by atoms with Gasteiger partial charge in [0.15, 0.2) is 0 Å². The monoisotopic (exact) mass is 214 g/mol. The average Bonchev–Trinajstić information content (AvgIpc) is 2.08. The molecule has 1 aromatic carbocycles. The molecule has 0 aliphatic heterocycles. The standard InChI is InChI=1S/C11H12ClFO/c1-7(5-8(2)14)9-3-4-11(13)10(12)6-9/h3-6,8,14H,1-2H3/b7-5-. The van der Waals surface area contributed by atoms with Crippen molar-refractivity contribution in [2.24, 2.45) is 0 Å². The highest BCUT2D eigenvalue weighted by molar-refractivity contribution is 6.30. The maximum absolute atomic E-state index is 12.8.